The van der Waals surface area contributed by atoms with Gasteiger partial charge in [-0.15, -0.1) is 6.58 Å². The highest BCUT2D eigenvalue weighted by atomic mass is 32.2. The van der Waals surface area contributed by atoms with Crippen LogP contribution in [0.2, 0.25) is 0 Å². The number of hydrogen-bond acceptors (Lipinski definition) is 2. The molecule has 0 spiro atoms. The Kier molecular flexibility index (Phi) is 3.43. The molecule has 0 amide bonds. The first-order valence-corrected chi connectivity index (χ1v) is 8.27. The molecule has 1 aliphatic heterocycles. The third-order valence-electron chi connectivity index (χ3n) is 3.78. The maximum Gasteiger partial charge on any atom is 0.244 e. The zero-order valence-corrected chi connectivity index (χ0v) is 12.6. The molecular formula is C17H17NO2S. The number of nitrogens with zero attached hydrogens (tertiary/aromatic N) is 1. The van der Waals surface area contributed by atoms with Crippen LogP contribution in [0.5, 0.6) is 0 Å². The molecule has 3 rings (SSSR count). The van der Waals surface area contributed by atoms with E-state index in [0.29, 0.717) is 4.90 Å². The highest BCUT2D eigenvalue weighted by Crippen LogP contribution is 2.47. The monoisotopic (exact) mass is 299 g/mol. The van der Waals surface area contributed by atoms with Gasteiger partial charge >= 0.3 is 0 Å². The Morgan fingerprint density at radius 3 is 2.24 bits per heavy atom. The van der Waals surface area contributed by atoms with Crippen LogP contribution in [0.1, 0.15) is 17.2 Å². The Morgan fingerprint density at radius 2 is 1.67 bits per heavy atom. The van der Waals surface area contributed by atoms with Crippen molar-refractivity contribution in [3.8, 4) is 0 Å². The van der Waals surface area contributed by atoms with Gasteiger partial charge in [-0.2, -0.15) is 4.31 Å². The van der Waals surface area contributed by atoms with E-state index in [4.69, 9.17) is 0 Å². The summed E-state index contributed by atoms with van der Waals surface area (Å²) in [7, 11) is -3.48. The predicted molar refractivity (Wildman–Crippen MR) is 83.4 cm³/mol. The van der Waals surface area contributed by atoms with Crippen LogP contribution in [0.25, 0.3) is 0 Å². The van der Waals surface area contributed by atoms with Crippen molar-refractivity contribution in [3.63, 3.8) is 0 Å². The molecule has 0 aliphatic carbocycles. The lowest BCUT2D eigenvalue weighted by Crippen LogP contribution is -2.14. The van der Waals surface area contributed by atoms with Crippen LogP contribution in [0, 0.1) is 6.92 Å². The molecule has 0 bridgehead atoms. The van der Waals surface area contributed by atoms with Gasteiger partial charge in [0.05, 0.1) is 17.0 Å². The molecule has 3 nitrogen and oxygen atoms in total. The zero-order chi connectivity index (χ0) is 15.0. The van der Waals surface area contributed by atoms with Crippen molar-refractivity contribution in [1.82, 2.24) is 4.31 Å². The van der Waals surface area contributed by atoms with E-state index in [1.807, 2.05) is 49.4 Å². The molecule has 4 heteroatoms. The fourth-order valence-corrected chi connectivity index (χ4v) is 4.33. The summed E-state index contributed by atoms with van der Waals surface area (Å²) in [6.45, 7) is 5.70. The van der Waals surface area contributed by atoms with E-state index in [9.17, 15) is 8.42 Å². The molecule has 1 fully saturated rings. The summed E-state index contributed by atoms with van der Waals surface area (Å²) in [5.74, 6) is 0. The first-order chi connectivity index (χ1) is 10.1. The molecule has 0 aromatic heterocycles. The van der Waals surface area contributed by atoms with Crippen LogP contribution < -0.4 is 0 Å². The minimum atomic E-state index is -3.48. The van der Waals surface area contributed by atoms with E-state index in [-0.39, 0.29) is 12.1 Å². The van der Waals surface area contributed by atoms with Crippen molar-refractivity contribution in [2.45, 2.75) is 23.9 Å². The highest BCUT2D eigenvalue weighted by molar-refractivity contribution is 7.89. The maximum absolute atomic E-state index is 12.7. The zero-order valence-electron chi connectivity index (χ0n) is 11.8. The molecule has 2 aromatic carbocycles. The molecule has 1 heterocycles. The van der Waals surface area contributed by atoms with Gasteiger partial charge in [0.15, 0.2) is 0 Å². The third-order valence-corrected chi connectivity index (χ3v) is 5.67. The fourth-order valence-electron chi connectivity index (χ4n) is 2.60. The molecular weight excluding hydrogens is 282 g/mol. The van der Waals surface area contributed by atoms with Gasteiger partial charge in [-0.3, -0.25) is 0 Å². The van der Waals surface area contributed by atoms with Crippen molar-refractivity contribution in [3.05, 3.63) is 78.4 Å². The Balaban J connectivity index is 1.96. The minimum absolute atomic E-state index is 0.144. The van der Waals surface area contributed by atoms with Gasteiger partial charge in [0.25, 0.3) is 0 Å². The second-order valence-corrected chi connectivity index (χ2v) is 7.07. The van der Waals surface area contributed by atoms with E-state index in [1.54, 1.807) is 18.2 Å². The molecule has 2 aromatic rings. The molecule has 0 radical (unpaired) electrons. The van der Waals surface area contributed by atoms with Crippen LogP contribution in [-0.4, -0.2) is 18.8 Å². The molecule has 0 N–H and O–H groups in total. The smallest absolute Gasteiger partial charge is 0.207 e. The summed E-state index contributed by atoms with van der Waals surface area (Å²) in [6, 6.07) is 16.3. The lowest BCUT2D eigenvalue weighted by Gasteiger charge is -2.07. The highest BCUT2D eigenvalue weighted by Gasteiger charge is 2.54. The quantitative estimate of drug-likeness (QED) is 0.641. The minimum Gasteiger partial charge on any atom is -0.207 e. The van der Waals surface area contributed by atoms with E-state index >= 15 is 0 Å². The summed E-state index contributed by atoms with van der Waals surface area (Å²) in [5.41, 5.74) is 2.04. The van der Waals surface area contributed by atoms with Crippen molar-refractivity contribution in [2.75, 3.05) is 0 Å². The number of hydrogen-bond donors (Lipinski definition) is 0. The molecule has 21 heavy (non-hydrogen) atoms. The first-order valence-electron chi connectivity index (χ1n) is 6.83. The number of aryl methyl sites for hydroxylation is 1. The second-order valence-electron chi connectivity index (χ2n) is 5.23. The van der Waals surface area contributed by atoms with E-state index in [0.717, 1.165) is 11.1 Å². The number of sulfonamides is 1. The Bertz CT molecular complexity index is 751. The number of rotatable bonds is 4. The molecule has 1 unspecified atom stereocenters. The van der Waals surface area contributed by atoms with Gasteiger partial charge in [-0.1, -0.05) is 54.1 Å². The standard InChI is InChI=1S/C17H17NO2S/c1-3-16-17(14-7-5-4-6-8-14)18(16)21(19,20)15-11-9-13(2)10-12-15/h3-12,16-17H,1H2,2H3/t16-,17+,18?/m1/s1. The van der Waals surface area contributed by atoms with Crippen LogP contribution in [0.4, 0.5) is 0 Å². The van der Waals surface area contributed by atoms with Gasteiger partial charge in [0, 0.05) is 0 Å². The largest absolute Gasteiger partial charge is 0.244 e. The van der Waals surface area contributed by atoms with Gasteiger partial charge in [-0.05, 0) is 24.6 Å². The molecule has 3 atom stereocenters. The Hall–Kier alpha value is -1.91. The average Bonchev–Trinajstić information content (AvgIpc) is 3.24. The maximum atomic E-state index is 12.7. The molecule has 1 saturated heterocycles. The van der Waals surface area contributed by atoms with Crippen molar-refractivity contribution in [1.29, 1.82) is 0 Å². The first kappa shape index (κ1) is 14.0. The van der Waals surface area contributed by atoms with Crippen LogP contribution >= 0.6 is 0 Å². The van der Waals surface area contributed by atoms with E-state index < -0.39 is 10.0 Å². The van der Waals surface area contributed by atoms with Gasteiger partial charge in [0.1, 0.15) is 0 Å². The molecule has 1 aliphatic rings. The SMILES string of the molecule is C=C[C@@H]1[C@H](c2ccccc2)N1S(=O)(=O)c1ccc(C)cc1. The van der Waals surface area contributed by atoms with Crippen molar-refractivity contribution >= 4 is 10.0 Å². The van der Waals surface area contributed by atoms with E-state index in [1.165, 1.54) is 4.31 Å². The normalized spacial score (nSPS) is 24.5. The van der Waals surface area contributed by atoms with Crippen molar-refractivity contribution < 1.29 is 8.42 Å². The second kappa shape index (κ2) is 5.13. The van der Waals surface area contributed by atoms with Crippen LogP contribution in [0.15, 0.2) is 72.1 Å². The lowest BCUT2D eigenvalue weighted by molar-refractivity contribution is 0.550. The Labute approximate surface area is 125 Å². The third kappa shape index (κ3) is 2.41. The average molecular weight is 299 g/mol. The summed E-state index contributed by atoms with van der Waals surface area (Å²) in [6.07, 6.45) is 1.70. The summed E-state index contributed by atoms with van der Waals surface area (Å²) in [4.78, 5) is 0.332. The summed E-state index contributed by atoms with van der Waals surface area (Å²) < 4.78 is 27.0. The number of benzene rings is 2. The topological polar surface area (TPSA) is 37.1 Å². The van der Waals surface area contributed by atoms with Gasteiger partial charge < -0.3 is 0 Å². The van der Waals surface area contributed by atoms with Crippen molar-refractivity contribution in [2.24, 2.45) is 0 Å². The predicted octanol–water partition coefficient (Wildman–Crippen LogP) is 3.30. The fraction of sp³-hybridized carbons (Fsp3) is 0.176. The van der Waals surface area contributed by atoms with E-state index in [2.05, 4.69) is 6.58 Å². The lowest BCUT2D eigenvalue weighted by atomic mass is 10.1. The van der Waals surface area contributed by atoms with Crippen LogP contribution in [0.3, 0.4) is 0 Å². The summed E-state index contributed by atoms with van der Waals surface area (Å²) in [5, 5.41) is 0. The van der Waals surface area contributed by atoms with Crippen LogP contribution in [-0.2, 0) is 10.0 Å². The van der Waals surface area contributed by atoms with Gasteiger partial charge in [0.2, 0.25) is 10.0 Å². The molecule has 108 valence electrons. The molecule has 0 saturated carbocycles. The van der Waals surface area contributed by atoms with Gasteiger partial charge in [-0.25, -0.2) is 8.42 Å². The Morgan fingerprint density at radius 1 is 1.05 bits per heavy atom. The summed E-state index contributed by atoms with van der Waals surface area (Å²) >= 11 is 0.